The van der Waals surface area contributed by atoms with Gasteiger partial charge in [0.05, 0.1) is 0 Å². The summed E-state index contributed by atoms with van der Waals surface area (Å²) < 4.78 is 0. The molecule has 0 aromatic heterocycles. The van der Waals surface area contributed by atoms with Gasteiger partial charge in [-0.15, -0.1) is 0 Å². The average molecular weight is 276 g/mol. The lowest BCUT2D eigenvalue weighted by atomic mass is 10.1. The highest BCUT2D eigenvalue weighted by atomic mass is 16.4. The van der Waals surface area contributed by atoms with Crippen LogP contribution in [0.1, 0.15) is 31.4 Å². The van der Waals surface area contributed by atoms with E-state index < -0.39 is 18.0 Å². The minimum absolute atomic E-state index is 0.436. The SMILES string of the molecule is CC(CNC(=O)N[C@H](C(=O)O)c1ccccc1)C1CC1. The van der Waals surface area contributed by atoms with E-state index >= 15 is 0 Å². The number of carbonyl (C=O) groups excluding carboxylic acids is 1. The first-order valence-electron chi connectivity index (χ1n) is 6.90. The first-order valence-corrected chi connectivity index (χ1v) is 6.90. The molecule has 2 rings (SSSR count). The van der Waals surface area contributed by atoms with Gasteiger partial charge in [-0.2, -0.15) is 0 Å². The molecule has 0 heterocycles. The van der Waals surface area contributed by atoms with Crippen molar-refractivity contribution in [2.24, 2.45) is 11.8 Å². The van der Waals surface area contributed by atoms with Gasteiger partial charge in [-0.25, -0.2) is 9.59 Å². The van der Waals surface area contributed by atoms with E-state index in [9.17, 15) is 14.7 Å². The van der Waals surface area contributed by atoms with E-state index in [1.54, 1.807) is 30.3 Å². The molecule has 3 N–H and O–H groups in total. The second-order valence-corrected chi connectivity index (χ2v) is 5.35. The number of rotatable bonds is 6. The van der Waals surface area contributed by atoms with Gasteiger partial charge in [0.2, 0.25) is 0 Å². The Kier molecular flexibility index (Phi) is 4.61. The molecule has 2 amide bonds. The molecule has 108 valence electrons. The first-order chi connectivity index (χ1) is 9.58. The van der Waals surface area contributed by atoms with Crippen LogP contribution in [0.2, 0.25) is 0 Å². The zero-order valence-electron chi connectivity index (χ0n) is 11.5. The highest BCUT2D eigenvalue weighted by molar-refractivity contribution is 5.83. The third-order valence-corrected chi connectivity index (χ3v) is 3.67. The molecule has 1 aromatic rings. The number of nitrogens with one attached hydrogen (secondary N) is 2. The molecule has 0 radical (unpaired) electrons. The first kappa shape index (κ1) is 14.4. The molecule has 1 aliphatic rings. The van der Waals surface area contributed by atoms with Crippen molar-refractivity contribution in [1.82, 2.24) is 10.6 Å². The number of aliphatic carboxylic acids is 1. The van der Waals surface area contributed by atoms with Crippen LogP contribution in [0, 0.1) is 11.8 Å². The van der Waals surface area contributed by atoms with Gasteiger partial charge >= 0.3 is 12.0 Å². The monoisotopic (exact) mass is 276 g/mol. The second kappa shape index (κ2) is 6.41. The third-order valence-electron chi connectivity index (χ3n) is 3.67. The van der Waals surface area contributed by atoms with Gasteiger partial charge in [0.25, 0.3) is 0 Å². The van der Waals surface area contributed by atoms with E-state index in [0.717, 1.165) is 0 Å². The zero-order valence-corrected chi connectivity index (χ0v) is 11.5. The standard InChI is InChI=1S/C15H20N2O3/c1-10(11-7-8-11)9-16-15(20)17-13(14(18)19)12-5-3-2-4-6-12/h2-6,10-11,13H,7-9H2,1H3,(H,18,19)(H2,16,17,20)/t10?,13-/m0/s1. The number of carboxylic acid groups (broad SMARTS) is 1. The fourth-order valence-corrected chi connectivity index (χ4v) is 2.20. The van der Waals surface area contributed by atoms with Gasteiger partial charge in [0, 0.05) is 6.54 Å². The van der Waals surface area contributed by atoms with E-state index in [-0.39, 0.29) is 0 Å². The van der Waals surface area contributed by atoms with Crippen LogP contribution in [0.15, 0.2) is 30.3 Å². The van der Waals surface area contributed by atoms with Crippen LogP contribution in [0.5, 0.6) is 0 Å². The molecule has 1 saturated carbocycles. The molecule has 1 fully saturated rings. The van der Waals surface area contributed by atoms with E-state index in [4.69, 9.17) is 0 Å². The fraction of sp³-hybridized carbons (Fsp3) is 0.467. The number of amides is 2. The molecular weight excluding hydrogens is 256 g/mol. The van der Waals surface area contributed by atoms with Gasteiger partial charge in [0.15, 0.2) is 6.04 Å². The highest BCUT2D eigenvalue weighted by Gasteiger charge is 2.28. The van der Waals surface area contributed by atoms with Crippen molar-refractivity contribution in [1.29, 1.82) is 0 Å². The van der Waals surface area contributed by atoms with Crippen LogP contribution < -0.4 is 10.6 Å². The molecule has 0 spiro atoms. The van der Waals surface area contributed by atoms with Crippen molar-refractivity contribution in [3.8, 4) is 0 Å². The normalized spacial score (nSPS) is 17.1. The predicted molar refractivity (Wildman–Crippen MR) is 75.2 cm³/mol. The average Bonchev–Trinajstić information content (AvgIpc) is 3.27. The smallest absolute Gasteiger partial charge is 0.330 e. The summed E-state index contributed by atoms with van der Waals surface area (Å²) in [7, 11) is 0. The van der Waals surface area contributed by atoms with Crippen molar-refractivity contribution in [2.45, 2.75) is 25.8 Å². The van der Waals surface area contributed by atoms with Crippen LogP contribution in [0.3, 0.4) is 0 Å². The Morgan fingerprint density at radius 3 is 2.50 bits per heavy atom. The van der Waals surface area contributed by atoms with Gasteiger partial charge in [-0.1, -0.05) is 37.3 Å². The maximum Gasteiger partial charge on any atom is 0.330 e. The van der Waals surface area contributed by atoms with E-state index in [2.05, 4.69) is 17.6 Å². The summed E-state index contributed by atoms with van der Waals surface area (Å²) in [5.74, 6) is 0.0852. The molecule has 5 heteroatoms. The molecule has 5 nitrogen and oxygen atoms in total. The van der Waals surface area contributed by atoms with Crippen LogP contribution in [0.25, 0.3) is 0 Å². The Balaban J connectivity index is 1.87. The molecule has 1 aliphatic carbocycles. The van der Waals surface area contributed by atoms with Gasteiger partial charge in [0.1, 0.15) is 0 Å². The minimum Gasteiger partial charge on any atom is -0.479 e. The number of carbonyl (C=O) groups is 2. The minimum atomic E-state index is -1.07. The number of urea groups is 1. The van der Waals surface area contributed by atoms with Crippen molar-refractivity contribution in [3.63, 3.8) is 0 Å². The molecule has 20 heavy (non-hydrogen) atoms. The summed E-state index contributed by atoms with van der Waals surface area (Å²) >= 11 is 0. The lowest BCUT2D eigenvalue weighted by molar-refractivity contribution is -0.139. The van der Waals surface area contributed by atoms with Crippen molar-refractivity contribution in [2.75, 3.05) is 6.54 Å². The number of benzene rings is 1. The topological polar surface area (TPSA) is 78.4 Å². The Morgan fingerprint density at radius 2 is 1.95 bits per heavy atom. The molecule has 0 aliphatic heterocycles. The molecular formula is C15H20N2O3. The molecule has 1 unspecified atom stereocenters. The van der Waals surface area contributed by atoms with Crippen LogP contribution in [-0.4, -0.2) is 23.7 Å². The second-order valence-electron chi connectivity index (χ2n) is 5.35. The van der Waals surface area contributed by atoms with Crippen molar-refractivity contribution < 1.29 is 14.7 Å². The number of hydrogen-bond donors (Lipinski definition) is 3. The maximum atomic E-state index is 11.8. The summed E-state index contributed by atoms with van der Waals surface area (Å²) in [6.45, 7) is 2.68. The Labute approximate surface area is 118 Å². The maximum absolute atomic E-state index is 11.8. The van der Waals surface area contributed by atoms with Crippen molar-refractivity contribution >= 4 is 12.0 Å². The quantitative estimate of drug-likeness (QED) is 0.745. The third kappa shape index (κ3) is 3.98. The highest BCUT2D eigenvalue weighted by Crippen LogP contribution is 2.36. The summed E-state index contributed by atoms with van der Waals surface area (Å²) in [6, 6.07) is 7.22. The molecule has 0 bridgehead atoms. The number of carboxylic acids is 1. The summed E-state index contributed by atoms with van der Waals surface area (Å²) in [6.07, 6.45) is 2.46. The number of hydrogen-bond acceptors (Lipinski definition) is 2. The Morgan fingerprint density at radius 1 is 1.30 bits per heavy atom. The molecule has 0 saturated heterocycles. The van der Waals surface area contributed by atoms with Crippen molar-refractivity contribution in [3.05, 3.63) is 35.9 Å². The van der Waals surface area contributed by atoms with E-state index in [1.165, 1.54) is 12.8 Å². The van der Waals surface area contributed by atoms with Crippen LogP contribution in [-0.2, 0) is 4.79 Å². The predicted octanol–water partition coefficient (Wildman–Crippen LogP) is 2.16. The van der Waals surface area contributed by atoms with Gasteiger partial charge < -0.3 is 15.7 Å². The van der Waals surface area contributed by atoms with Gasteiger partial charge in [-0.3, -0.25) is 0 Å². The molecule has 1 aromatic carbocycles. The van der Waals surface area contributed by atoms with Crippen LogP contribution >= 0.6 is 0 Å². The summed E-state index contributed by atoms with van der Waals surface area (Å²) in [4.78, 5) is 23.0. The summed E-state index contributed by atoms with van der Waals surface area (Å²) in [5, 5.41) is 14.5. The zero-order chi connectivity index (χ0) is 14.5. The van der Waals surface area contributed by atoms with Gasteiger partial charge in [-0.05, 0) is 30.2 Å². The molecule has 2 atom stereocenters. The largest absolute Gasteiger partial charge is 0.479 e. The van der Waals surface area contributed by atoms with E-state index in [0.29, 0.717) is 23.9 Å². The van der Waals surface area contributed by atoms with Crippen LogP contribution in [0.4, 0.5) is 4.79 Å². The van der Waals surface area contributed by atoms with E-state index in [1.807, 2.05) is 0 Å². The Bertz CT molecular complexity index is 471. The fourth-order valence-electron chi connectivity index (χ4n) is 2.20. The Hall–Kier alpha value is -2.04. The lowest BCUT2D eigenvalue weighted by Gasteiger charge is -2.17. The lowest BCUT2D eigenvalue weighted by Crippen LogP contribution is -2.42. The summed E-state index contributed by atoms with van der Waals surface area (Å²) in [5.41, 5.74) is 0.561.